The topological polar surface area (TPSA) is 38.3 Å². The predicted molar refractivity (Wildman–Crippen MR) is 63.7 cm³/mol. The lowest BCUT2D eigenvalue weighted by atomic mass is 10.2. The Kier molecular flexibility index (Phi) is 4.37. The van der Waals surface area contributed by atoms with E-state index in [1.54, 1.807) is 6.20 Å². The van der Waals surface area contributed by atoms with Crippen molar-refractivity contribution in [3.63, 3.8) is 0 Å². The van der Waals surface area contributed by atoms with Crippen LogP contribution >= 0.6 is 15.9 Å². The smallest absolute Gasteiger partial charge is 0.331 e. The van der Waals surface area contributed by atoms with Crippen LogP contribution in [0.15, 0.2) is 34.9 Å². The number of rotatable bonds is 3. The third-order valence-electron chi connectivity index (χ3n) is 1.71. The first-order chi connectivity index (χ1) is 7.11. The fourth-order valence-electron chi connectivity index (χ4n) is 1.09. The molecule has 0 aliphatic rings. The van der Waals surface area contributed by atoms with Gasteiger partial charge in [-0.15, -0.1) is 0 Å². The maximum Gasteiger partial charge on any atom is 0.331 e. The Bertz CT molecular complexity index is 368. The van der Waals surface area contributed by atoms with Crippen LogP contribution in [0.1, 0.15) is 5.56 Å². The van der Waals surface area contributed by atoms with Gasteiger partial charge in [-0.05, 0) is 30.7 Å². The number of ether oxygens (including phenoxy) is 1. The van der Waals surface area contributed by atoms with Crippen molar-refractivity contribution in [1.29, 1.82) is 0 Å². The molecule has 1 rings (SSSR count). The fourth-order valence-corrected chi connectivity index (χ4v) is 1.70. The molecule has 3 nitrogen and oxygen atoms in total. The van der Waals surface area contributed by atoms with E-state index < -0.39 is 0 Å². The number of nitrogens with one attached hydrogen (secondary N) is 1. The highest BCUT2D eigenvalue weighted by molar-refractivity contribution is 9.10. The number of anilines is 1. The minimum atomic E-state index is -0.380. The van der Waals surface area contributed by atoms with Crippen LogP contribution < -0.4 is 5.32 Å². The van der Waals surface area contributed by atoms with Crippen LogP contribution in [0, 0.1) is 6.92 Å². The van der Waals surface area contributed by atoms with Crippen LogP contribution in [0.25, 0.3) is 0 Å². The van der Waals surface area contributed by atoms with E-state index in [1.165, 1.54) is 13.2 Å². The maximum absolute atomic E-state index is 10.8. The van der Waals surface area contributed by atoms with Crippen LogP contribution in [0.2, 0.25) is 0 Å². The lowest BCUT2D eigenvalue weighted by Gasteiger charge is -2.03. The number of benzene rings is 1. The summed E-state index contributed by atoms with van der Waals surface area (Å²) < 4.78 is 5.46. The van der Waals surface area contributed by atoms with E-state index in [9.17, 15) is 4.79 Å². The van der Waals surface area contributed by atoms with Gasteiger partial charge in [-0.3, -0.25) is 0 Å². The Morgan fingerprint density at radius 2 is 2.20 bits per heavy atom. The number of hydrogen-bond acceptors (Lipinski definition) is 3. The third kappa shape index (κ3) is 4.16. The molecule has 0 saturated carbocycles. The van der Waals surface area contributed by atoms with Crippen molar-refractivity contribution in [3.05, 3.63) is 40.5 Å². The van der Waals surface area contributed by atoms with Crippen LogP contribution in [0.4, 0.5) is 5.69 Å². The summed E-state index contributed by atoms with van der Waals surface area (Å²) in [5.74, 6) is -0.380. The summed E-state index contributed by atoms with van der Waals surface area (Å²) >= 11 is 3.39. The molecule has 0 aliphatic heterocycles. The van der Waals surface area contributed by atoms with Crippen LogP contribution in [0.5, 0.6) is 0 Å². The van der Waals surface area contributed by atoms with Crippen LogP contribution in [-0.2, 0) is 9.53 Å². The van der Waals surface area contributed by atoms with Gasteiger partial charge in [-0.1, -0.05) is 15.9 Å². The molecule has 0 spiro atoms. The summed E-state index contributed by atoms with van der Waals surface area (Å²) in [6, 6.07) is 5.91. The van der Waals surface area contributed by atoms with E-state index in [4.69, 9.17) is 0 Å². The van der Waals surface area contributed by atoms with Crippen LogP contribution in [-0.4, -0.2) is 13.1 Å². The first-order valence-electron chi connectivity index (χ1n) is 4.40. The van der Waals surface area contributed by atoms with E-state index in [-0.39, 0.29) is 5.97 Å². The zero-order chi connectivity index (χ0) is 11.3. The average Bonchev–Trinajstić information content (AvgIpc) is 2.16. The molecule has 80 valence electrons. The molecule has 0 heterocycles. The predicted octanol–water partition coefficient (Wildman–Crippen LogP) is 2.86. The molecule has 0 radical (unpaired) electrons. The standard InChI is InChI=1S/C11H12BrNO2/c1-8-5-9(12)7-10(6-8)13-4-3-11(14)15-2/h3-7,13H,1-2H3/b4-3+. The van der Waals surface area contributed by atoms with Crippen molar-refractivity contribution in [1.82, 2.24) is 0 Å². The SMILES string of the molecule is COC(=O)/C=C/Nc1cc(C)cc(Br)c1. The number of esters is 1. The quantitative estimate of drug-likeness (QED) is 0.678. The summed E-state index contributed by atoms with van der Waals surface area (Å²) in [5.41, 5.74) is 2.06. The molecule has 0 unspecified atom stereocenters. The molecule has 0 saturated heterocycles. The first kappa shape index (κ1) is 11.8. The highest BCUT2D eigenvalue weighted by atomic mass is 79.9. The Morgan fingerprint density at radius 1 is 1.47 bits per heavy atom. The summed E-state index contributed by atoms with van der Waals surface area (Å²) in [7, 11) is 1.34. The average molecular weight is 270 g/mol. The largest absolute Gasteiger partial charge is 0.466 e. The Hall–Kier alpha value is -1.29. The molecule has 0 fully saturated rings. The van der Waals surface area contributed by atoms with Gasteiger partial charge in [0.1, 0.15) is 0 Å². The summed E-state index contributed by atoms with van der Waals surface area (Å²) in [5, 5.41) is 2.98. The first-order valence-corrected chi connectivity index (χ1v) is 5.19. The Labute approximate surface area is 97.3 Å². The minimum Gasteiger partial charge on any atom is -0.466 e. The fraction of sp³-hybridized carbons (Fsp3) is 0.182. The molecule has 0 atom stereocenters. The Morgan fingerprint density at radius 3 is 2.80 bits per heavy atom. The van der Waals surface area contributed by atoms with E-state index in [2.05, 4.69) is 26.0 Å². The number of aryl methyl sites for hydroxylation is 1. The summed E-state index contributed by atoms with van der Waals surface area (Å²) in [6.45, 7) is 2.00. The molecule has 1 N–H and O–H groups in total. The lowest BCUT2D eigenvalue weighted by molar-refractivity contribution is -0.134. The van der Waals surface area contributed by atoms with Gasteiger partial charge in [0.05, 0.1) is 7.11 Å². The van der Waals surface area contributed by atoms with Gasteiger partial charge in [0, 0.05) is 22.4 Å². The molecule has 0 bridgehead atoms. The zero-order valence-electron chi connectivity index (χ0n) is 8.58. The van der Waals surface area contributed by atoms with Gasteiger partial charge in [0.25, 0.3) is 0 Å². The number of carbonyl (C=O) groups is 1. The summed E-state index contributed by atoms with van der Waals surface area (Å²) in [6.07, 6.45) is 2.88. The summed E-state index contributed by atoms with van der Waals surface area (Å²) in [4.78, 5) is 10.8. The molecule has 0 aliphatic carbocycles. The van der Waals surface area contributed by atoms with E-state index in [0.29, 0.717) is 0 Å². The lowest BCUT2D eigenvalue weighted by Crippen LogP contribution is -1.96. The van der Waals surface area contributed by atoms with E-state index >= 15 is 0 Å². The number of halogens is 1. The Balaban J connectivity index is 2.65. The second-order valence-corrected chi connectivity index (χ2v) is 3.93. The second kappa shape index (κ2) is 5.56. The molecule has 15 heavy (non-hydrogen) atoms. The van der Waals surface area contributed by atoms with Gasteiger partial charge in [0.15, 0.2) is 0 Å². The van der Waals surface area contributed by atoms with Crippen molar-refractivity contribution in [2.75, 3.05) is 12.4 Å². The number of methoxy groups -OCH3 is 1. The van der Waals surface area contributed by atoms with Crippen molar-refractivity contribution in [3.8, 4) is 0 Å². The van der Waals surface area contributed by atoms with Crippen molar-refractivity contribution < 1.29 is 9.53 Å². The number of carbonyl (C=O) groups excluding carboxylic acids is 1. The molecule has 0 aromatic heterocycles. The molecule has 0 amide bonds. The van der Waals surface area contributed by atoms with E-state index in [0.717, 1.165) is 15.7 Å². The van der Waals surface area contributed by atoms with E-state index in [1.807, 2.05) is 25.1 Å². The van der Waals surface area contributed by atoms with Crippen molar-refractivity contribution >= 4 is 27.6 Å². The van der Waals surface area contributed by atoms with Crippen molar-refractivity contribution in [2.24, 2.45) is 0 Å². The molecule has 1 aromatic carbocycles. The van der Waals surface area contributed by atoms with Gasteiger partial charge in [-0.25, -0.2) is 4.79 Å². The van der Waals surface area contributed by atoms with Gasteiger partial charge in [0.2, 0.25) is 0 Å². The van der Waals surface area contributed by atoms with Crippen molar-refractivity contribution in [2.45, 2.75) is 6.92 Å². The highest BCUT2D eigenvalue weighted by Gasteiger charge is 1.94. The third-order valence-corrected chi connectivity index (χ3v) is 2.17. The normalized spacial score (nSPS) is 10.3. The number of hydrogen-bond donors (Lipinski definition) is 1. The monoisotopic (exact) mass is 269 g/mol. The van der Waals surface area contributed by atoms with Crippen LogP contribution in [0.3, 0.4) is 0 Å². The second-order valence-electron chi connectivity index (χ2n) is 3.02. The molecular weight excluding hydrogens is 258 g/mol. The highest BCUT2D eigenvalue weighted by Crippen LogP contribution is 2.18. The van der Waals surface area contributed by atoms with Gasteiger partial charge < -0.3 is 10.1 Å². The molecular formula is C11H12BrNO2. The molecule has 4 heteroatoms. The maximum atomic E-state index is 10.8. The molecule has 1 aromatic rings. The zero-order valence-corrected chi connectivity index (χ0v) is 10.2. The minimum absolute atomic E-state index is 0.380. The van der Waals surface area contributed by atoms with Gasteiger partial charge in [-0.2, -0.15) is 0 Å². The van der Waals surface area contributed by atoms with Gasteiger partial charge >= 0.3 is 5.97 Å².